The van der Waals surface area contributed by atoms with Crippen molar-refractivity contribution >= 4 is 23.7 Å². The number of carbonyl (C=O) groups is 4. The van der Waals surface area contributed by atoms with Gasteiger partial charge in [0, 0.05) is 6.42 Å². The number of hydrogen-bond donors (Lipinski definition) is 7. The van der Waals surface area contributed by atoms with Crippen LogP contribution in [0, 0.1) is 5.92 Å². The van der Waals surface area contributed by atoms with Gasteiger partial charge in [-0.2, -0.15) is 0 Å². The Morgan fingerprint density at radius 1 is 0.784 bits per heavy atom. The van der Waals surface area contributed by atoms with E-state index in [2.05, 4.69) is 16.0 Å². The van der Waals surface area contributed by atoms with E-state index in [1.54, 1.807) is 13.8 Å². The number of nitrogens with one attached hydrogen (secondary N) is 3. The van der Waals surface area contributed by atoms with Crippen molar-refractivity contribution in [2.24, 2.45) is 23.1 Å². The largest absolute Gasteiger partial charge is 0.480 e. The van der Waals surface area contributed by atoms with Crippen LogP contribution in [0.25, 0.3) is 0 Å². The molecule has 1 aromatic carbocycles. The molecule has 0 aliphatic carbocycles. The summed E-state index contributed by atoms with van der Waals surface area (Å²) >= 11 is 0. The average molecular weight is 521 g/mol. The first kappa shape index (κ1) is 32.0. The van der Waals surface area contributed by atoms with E-state index >= 15 is 0 Å². The van der Waals surface area contributed by atoms with Crippen LogP contribution in [0.4, 0.5) is 0 Å². The number of amides is 3. The first-order valence-corrected chi connectivity index (χ1v) is 12.9. The molecule has 1 rings (SSSR count). The molecule has 4 unspecified atom stereocenters. The Bertz CT molecular complexity index is 851. The van der Waals surface area contributed by atoms with Crippen molar-refractivity contribution in [3.05, 3.63) is 35.9 Å². The number of hydrogen-bond acceptors (Lipinski definition) is 7. The van der Waals surface area contributed by atoms with Crippen LogP contribution in [0.15, 0.2) is 30.3 Å². The lowest BCUT2D eigenvalue weighted by Crippen LogP contribution is -2.58. The van der Waals surface area contributed by atoms with Crippen molar-refractivity contribution in [3.63, 3.8) is 0 Å². The molecule has 37 heavy (non-hydrogen) atoms. The fraction of sp³-hybridized carbons (Fsp3) is 0.615. The Balaban J connectivity index is 2.99. The fourth-order valence-electron chi connectivity index (χ4n) is 3.78. The zero-order valence-electron chi connectivity index (χ0n) is 21.9. The second-order valence-electron chi connectivity index (χ2n) is 9.56. The SMILES string of the molecule is CC(C)C(NC(=O)C(Cc1ccccc1)NC(=O)C(N)CCCCN)C(=O)NC(CCCCN)C(=O)O. The van der Waals surface area contributed by atoms with E-state index in [-0.39, 0.29) is 18.8 Å². The molecule has 11 nitrogen and oxygen atoms in total. The van der Waals surface area contributed by atoms with Crippen molar-refractivity contribution in [1.82, 2.24) is 16.0 Å². The van der Waals surface area contributed by atoms with Gasteiger partial charge in [0.15, 0.2) is 0 Å². The molecule has 0 saturated heterocycles. The summed E-state index contributed by atoms with van der Waals surface area (Å²) in [5.74, 6) is -3.13. The number of carboxylic acids is 1. The maximum absolute atomic E-state index is 13.3. The van der Waals surface area contributed by atoms with Crippen LogP contribution in [-0.2, 0) is 25.6 Å². The van der Waals surface area contributed by atoms with Gasteiger partial charge in [-0.25, -0.2) is 4.79 Å². The second kappa shape index (κ2) is 17.4. The third-order valence-electron chi connectivity index (χ3n) is 6.03. The summed E-state index contributed by atoms with van der Waals surface area (Å²) < 4.78 is 0. The molecule has 3 amide bonds. The lowest BCUT2D eigenvalue weighted by atomic mass is 9.99. The van der Waals surface area contributed by atoms with Gasteiger partial charge in [0.1, 0.15) is 18.1 Å². The summed E-state index contributed by atoms with van der Waals surface area (Å²) in [7, 11) is 0. The zero-order chi connectivity index (χ0) is 27.8. The number of nitrogens with two attached hydrogens (primary N) is 3. The lowest BCUT2D eigenvalue weighted by Gasteiger charge is -2.27. The van der Waals surface area contributed by atoms with E-state index in [1.165, 1.54) is 0 Å². The van der Waals surface area contributed by atoms with Crippen molar-refractivity contribution in [2.45, 2.75) is 83.0 Å². The van der Waals surface area contributed by atoms with Crippen LogP contribution in [-0.4, -0.2) is 66.1 Å². The van der Waals surface area contributed by atoms with Gasteiger partial charge >= 0.3 is 5.97 Å². The molecule has 0 heterocycles. The molecule has 0 bridgehead atoms. The highest BCUT2D eigenvalue weighted by atomic mass is 16.4. The summed E-state index contributed by atoms with van der Waals surface area (Å²) in [5.41, 5.74) is 17.8. The molecule has 11 heteroatoms. The van der Waals surface area contributed by atoms with Gasteiger partial charge in [-0.05, 0) is 56.7 Å². The van der Waals surface area contributed by atoms with Crippen LogP contribution in [0.5, 0.6) is 0 Å². The third kappa shape index (κ3) is 12.2. The van der Waals surface area contributed by atoms with E-state index in [0.717, 1.165) is 12.0 Å². The lowest BCUT2D eigenvalue weighted by molar-refractivity contribution is -0.142. The molecular weight excluding hydrogens is 476 g/mol. The van der Waals surface area contributed by atoms with Crippen LogP contribution < -0.4 is 33.2 Å². The van der Waals surface area contributed by atoms with Gasteiger partial charge in [-0.1, -0.05) is 50.6 Å². The predicted molar refractivity (Wildman–Crippen MR) is 142 cm³/mol. The molecule has 0 aliphatic heterocycles. The predicted octanol–water partition coefficient (Wildman–Crippen LogP) is 0.00940. The third-order valence-corrected chi connectivity index (χ3v) is 6.03. The van der Waals surface area contributed by atoms with E-state index < -0.39 is 47.9 Å². The van der Waals surface area contributed by atoms with E-state index in [0.29, 0.717) is 38.8 Å². The normalized spacial score (nSPS) is 14.3. The van der Waals surface area contributed by atoms with E-state index in [4.69, 9.17) is 17.2 Å². The smallest absolute Gasteiger partial charge is 0.326 e. The van der Waals surface area contributed by atoms with Crippen molar-refractivity contribution in [3.8, 4) is 0 Å². The molecule has 0 spiro atoms. The highest BCUT2D eigenvalue weighted by molar-refractivity contribution is 5.94. The minimum atomic E-state index is -1.16. The second-order valence-corrected chi connectivity index (χ2v) is 9.56. The fourth-order valence-corrected chi connectivity index (χ4v) is 3.78. The Labute approximate surface area is 219 Å². The van der Waals surface area contributed by atoms with Gasteiger partial charge < -0.3 is 38.3 Å². The number of benzene rings is 1. The van der Waals surface area contributed by atoms with Gasteiger partial charge in [-0.3, -0.25) is 14.4 Å². The maximum atomic E-state index is 13.3. The number of carbonyl (C=O) groups excluding carboxylic acids is 3. The Kier molecular flexibility index (Phi) is 15.1. The molecule has 0 fully saturated rings. The summed E-state index contributed by atoms with van der Waals surface area (Å²) in [5, 5.41) is 17.5. The average Bonchev–Trinajstić information content (AvgIpc) is 2.86. The van der Waals surface area contributed by atoms with Crippen molar-refractivity contribution < 1.29 is 24.3 Å². The monoisotopic (exact) mass is 520 g/mol. The van der Waals surface area contributed by atoms with Gasteiger partial charge in [0.05, 0.1) is 6.04 Å². The summed E-state index contributed by atoms with van der Waals surface area (Å²) in [4.78, 5) is 50.7. The molecule has 1 aromatic rings. The number of unbranched alkanes of at least 4 members (excludes halogenated alkanes) is 2. The molecule has 0 aliphatic rings. The van der Waals surface area contributed by atoms with Crippen LogP contribution in [0.3, 0.4) is 0 Å². The number of rotatable bonds is 18. The highest BCUT2D eigenvalue weighted by Crippen LogP contribution is 2.09. The van der Waals surface area contributed by atoms with Crippen LogP contribution >= 0.6 is 0 Å². The standard InChI is InChI=1S/C26H44N6O5/c1-17(2)22(25(35)30-20(26(36)37)13-7-9-15-28)32-24(34)21(16-18-10-4-3-5-11-18)31-23(33)19(29)12-6-8-14-27/h3-5,10-11,17,19-22H,6-9,12-16,27-29H2,1-2H3,(H,30,35)(H,31,33)(H,32,34)(H,36,37). The Hall–Kier alpha value is -3.02. The maximum Gasteiger partial charge on any atom is 0.326 e. The van der Waals surface area contributed by atoms with E-state index in [9.17, 15) is 24.3 Å². The zero-order valence-corrected chi connectivity index (χ0v) is 21.9. The first-order chi connectivity index (χ1) is 17.6. The number of carboxylic acid groups (broad SMARTS) is 1. The van der Waals surface area contributed by atoms with Crippen LogP contribution in [0.2, 0.25) is 0 Å². The number of aliphatic carboxylic acids is 1. The summed E-state index contributed by atoms with van der Waals surface area (Å²) in [6, 6.07) is 5.28. The molecule has 0 aromatic heterocycles. The molecule has 4 atom stereocenters. The Morgan fingerprint density at radius 2 is 1.35 bits per heavy atom. The molecule has 208 valence electrons. The molecular formula is C26H44N6O5. The van der Waals surface area contributed by atoms with Crippen molar-refractivity contribution in [1.29, 1.82) is 0 Å². The molecule has 10 N–H and O–H groups in total. The highest BCUT2D eigenvalue weighted by Gasteiger charge is 2.31. The summed E-state index contributed by atoms with van der Waals surface area (Å²) in [6.45, 7) is 4.41. The topological polar surface area (TPSA) is 203 Å². The van der Waals surface area contributed by atoms with Crippen molar-refractivity contribution in [2.75, 3.05) is 13.1 Å². The van der Waals surface area contributed by atoms with Gasteiger partial charge in [0.2, 0.25) is 17.7 Å². The quantitative estimate of drug-likeness (QED) is 0.131. The van der Waals surface area contributed by atoms with Crippen LogP contribution in [0.1, 0.15) is 57.9 Å². The summed E-state index contributed by atoms with van der Waals surface area (Å²) in [6.07, 6.45) is 3.46. The van der Waals surface area contributed by atoms with E-state index in [1.807, 2.05) is 30.3 Å². The first-order valence-electron chi connectivity index (χ1n) is 12.9. The van der Waals surface area contributed by atoms with Gasteiger partial charge in [-0.15, -0.1) is 0 Å². The minimum Gasteiger partial charge on any atom is -0.480 e. The molecule has 0 saturated carbocycles. The minimum absolute atomic E-state index is 0.192. The Morgan fingerprint density at radius 3 is 1.89 bits per heavy atom. The van der Waals surface area contributed by atoms with Gasteiger partial charge in [0.25, 0.3) is 0 Å². The molecule has 0 radical (unpaired) electrons.